The fourth-order valence-electron chi connectivity index (χ4n) is 2.59. The summed E-state index contributed by atoms with van der Waals surface area (Å²) in [4.78, 5) is 6.97. The first-order valence-corrected chi connectivity index (χ1v) is 7.28. The Hall–Kier alpha value is -0.650. The lowest BCUT2D eigenvalue weighted by molar-refractivity contribution is 0.129. The van der Waals surface area contributed by atoms with Gasteiger partial charge in [-0.1, -0.05) is 32.3 Å². The fourth-order valence-corrected chi connectivity index (χ4v) is 2.59. The number of nitrogens with two attached hydrogens (primary N) is 1. The number of rotatable bonds is 4. The Morgan fingerprint density at radius 3 is 2.70 bits per heavy atom. The van der Waals surface area contributed by atoms with Crippen molar-refractivity contribution in [2.45, 2.75) is 64.5 Å². The number of aromatic nitrogens is 2. The molecule has 1 atom stereocenters. The third-order valence-electron chi connectivity index (χ3n) is 3.70. The van der Waals surface area contributed by atoms with Crippen molar-refractivity contribution in [3.05, 3.63) is 11.7 Å². The monoisotopic (exact) mass is 302 g/mol. The van der Waals surface area contributed by atoms with Gasteiger partial charge in [-0.15, -0.1) is 12.4 Å². The molecule has 20 heavy (non-hydrogen) atoms. The topological polar surface area (TPSA) is 68.2 Å². The van der Waals surface area contributed by atoms with Gasteiger partial charge in [0.05, 0.1) is 6.54 Å². The number of hydrogen-bond acceptors (Lipinski definition) is 5. The van der Waals surface area contributed by atoms with Crippen LogP contribution in [-0.2, 0) is 12.0 Å². The van der Waals surface area contributed by atoms with E-state index in [1.54, 1.807) is 0 Å². The van der Waals surface area contributed by atoms with Gasteiger partial charge in [-0.2, -0.15) is 4.98 Å². The molecule has 1 fully saturated rings. The Kier molecular flexibility index (Phi) is 6.43. The second-order valence-electron chi connectivity index (χ2n) is 6.46. The normalized spacial score (nSPS) is 20.7. The first kappa shape index (κ1) is 17.4. The predicted molar refractivity (Wildman–Crippen MR) is 82.0 cm³/mol. The van der Waals surface area contributed by atoms with Crippen molar-refractivity contribution < 1.29 is 4.52 Å². The number of likely N-dealkylation sites (tertiary alicyclic amines) is 1. The first-order chi connectivity index (χ1) is 9.00. The van der Waals surface area contributed by atoms with E-state index in [4.69, 9.17) is 10.3 Å². The van der Waals surface area contributed by atoms with Gasteiger partial charge in [0, 0.05) is 11.5 Å². The van der Waals surface area contributed by atoms with Crippen LogP contribution >= 0.6 is 12.4 Å². The maximum Gasteiger partial charge on any atom is 0.232 e. The minimum Gasteiger partial charge on any atom is -0.339 e. The average molecular weight is 303 g/mol. The SMILES string of the molecule is CC(C)(C)c1nc(CN2CCCCC2CCN)no1.Cl. The molecule has 0 saturated carbocycles. The van der Waals surface area contributed by atoms with E-state index in [0.717, 1.165) is 37.8 Å². The molecule has 116 valence electrons. The van der Waals surface area contributed by atoms with Gasteiger partial charge in [0.15, 0.2) is 5.82 Å². The lowest BCUT2D eigenvalue weighted by Gasteiger charge is -2.34. The van der Waals surface area contributed by atoms with Crippen LogP contribution < -0.4 is 5.73 Å². The Morgan fingerprint density at radius 2 is 2.10 bits per heavy atom. The molecule has 2 heterocycles. The van der Waals surface area contributed by atoms with E-state index in [2.05, 4.69) is 35.8 Å². The molecule has 1 aromatic rings. The second-order valence-corrected chi connectivity index (χ2v) is 6.46. The molecule has 1 aromatic heterocycles. The molecule has 0 spiro atoms. The van der Waals surface area contributed by atoms with Crippen LogP contribution in [0.3, 0.4) is 0 Å². The zero-order valence-electron chi connectivity index (χ0n) is 12.8. The van der Waals surface area contributed by atoms with Crippen LogP contribution in [0.2, 0.25) is 0 Å². The molecule has 2 N–H and O–H groups in total. The molecule has 5 nitrogen and oxygen atoms in total. The van der Waals surface area contributed by atoms with Crippen LogP contribution in [0.4, 0.5) is 0 Å². The number of halogens is 1. The highest BCUT2D eigenvalue weighted by atomic mass is 35.5. The Balaban J connectivity index is 0.00000200. The highest BCUT2D eigenvalue weighted by Gasteiger charge is 2.25. The van der Waals surface area contributed by atoms with E-state index in [1.807, 2.05) is 0 Å². The lowest BCUT2D eigenvalue weighted by Crippen LogP contribution is -2.40. The molecule has 0 aliphatic carbocycles. The molecule has 0 bridgehead atoms. The van der Waals surface area contributed by atoms with Crippen LogP contribution in [0.5, 0.6) is 0 Å². The lowest BCUT2D eigenvalue weighted by atomic mass is 9.97. The molecule has 0 aromatic carbocycles. The zero-order valence-corrected chi connectivity index (χ0v) is 13.6. The smallest absolute Gasteiger partial charge is 0.232 e. The first-order valence-electron chi connectivity index (χ1n) is 7.28. The van der Waals surface area contributed by atoms with Crippen molar-refractivity contribution in [1.82, 2.24) is 15.0 Å². The number of nitrogens with zero attached hydrogens (tertiary/aromatic N) is 3. The summed E-state index contributed by atoms with van der Waals surface area (Å²) in [5, 5.41) is 4.11. The maximum atomic E-state index is 5.70. The highest BCUT2D eigenvalue weighted by molar-refractivity contribution is 5.85. The van der Waals surface area contributed by atoms with Crippen molar-refractivity contribution in [3.63, 3.8) is 0 Å². The van der Waals surface area contributed by atoms with Crippen LogP contribution in [0.1, 0.15) is 58.2 Å². The van der Waals surface area contributed by atoms with Crippen LogP contribution in [0, 0.1) is 0 Å². The van der Waals surface area contributed by atoms with Gasteiger partial charge in [0.25, 0.3) is 0 Å². The van der Waals surface area contributed by atoms with Crippen LogP contribution in [0.15, 0.2) is 4.52 Å². The zero-order chi connectivity index (χ0) is 13.9. The molecule has 1 aliphatic heterocycles. The average Bonchev–Trinajstić information content (AvgIpc) is 2.80. The van der Waals surface area contributed by atoms with Gasteiger partial charge in [0.1, 0.15) is 0 Å². The van der Waals surface area contributed by atoms with E-state index in [-0.39, 0.29) is 17.8 Å². The maximum absolute atomic E-state index is 5.70. The van der Waals surface area contributed by atoms with E-state index >= 15 is 0 Å². The van der Waals surface area contributed by atoms with Gasteiger partial charge in [0.2, 0.25) is 5.89 Å². The summed E-state index contributed by atoms with van der Waals surface area (Å²) in [5.74, 6) is 1.52. The number of piperidine rings is 1. The molecule has 1 aliphatic rings. The summed E-state index contributed by atoms with van der Waals surface area (Å²) in [5.41, 5.74) is 5.62. The van der Waals surface area contributed by atoms with Crippen LogP contribution in [0.25, 0.3) is 0 Å². The minimum atomic E-state index is -0.0796. The van der Waals surface area contributed by atoms with Gasteiger partial charge in [-0.3, -0.25) is 4.90 Å². The van der Waals surface area contributed by atoms with Crippen molar-refractivity contribution in [1.29, 1.82) is 0 Å². The molecule has 0 radical (unpaired) electrons. The van der Waals surface area contributed by atoms with Crippen molar-refractivity contribution in [2.24, 2.45) is 5.73 Å². The van der Waals surface area contributed by atoms with Gasteiger partial charge >= 0.3 is 0 Å². The minimum absolute atomic E-state index is 0. The molecule has 1 saturated heterocycles. The fraction of sp³-hybridized carbons (Fsp3) is 0.857. The summed E-state index contributed by atoms with van der Waals surface area (Å²) in [7, 11) is 0. The highest BCUT2D eigenvalue weighted by Crippen LogP contribution is 2.23. The van der Waals surface area contributed by atoms with Gasteiger partial charge in [-0.05, 0) is 32.4 Å². The molecule has 0 amide bonds. The van der Waals surface area contributed by atoms with Gasteiger partial charge < -0.3 is 10.3 Å². The van der Waals surface area contributed by atoms with E-state index < -0.39 is 0 Å². The molecule has 1 unspecified atom stereocenters. The summed E-state index contributed by atoms with van der Waals surface area (Å²) in [6.07, 6.45) is 4.86. The summed E-state index contributed by atoms with van der Waals surface area (Å²) < 4.78 is 5.35. The summed E-state index contributed by atoms with van der Waals surface area (Å²) in [6.45, 7) is 8.90. The van der Waals surface area contributed by atoms with Crippen molar-refractivity contribution >= 4 is 12.4 Å². The van der Waals surface area contributed by atoms with Crippen molar-refractivity contribution in [2.75, 3.05) is 13.1 Å². The molecular weight excluding hydrogens is 276 g/mol. The Labute approximate surface area is 127 Å². The van der Waals surface area contributed by atoms with Crippen molar-refractivity contribution in [3.8, 4) is 0 Å². The third-order valence-corrected chi connectivity index (χ3v) is 3.70. The largest absolute Gasteiger partial charge is 0.339 e. The second kappa shape index (κ2) is 7.38. The molecule has 2 rings (SSSR count). The van der Waals surface area contributed by atoms with E-state index in [9.17, 15) is 0 Å². The van der Waals surface area contributed by atoms with Crippen LogP contribution in [-0.4, -0.2) is 34.2 Å². The predicted octanol–water partition coefficient (Wildman–Crippen LogP) is 2.49. The number of hydrogen-bond donors (Lipinski definition) is 1. The molecule has 6 heteroatoms. The molecular formula is C14H27ClN4O. The summed E-state index contributed by atoms with van der Waals surface area (Å²) in [6, 6.07) is 0.579. The van der Waals surface area contributed by atoms with E-state index in [0.29, 0.717) is 6.04 Å². The quantitative estimate of drug-likeness (QED) is 0.925. The van der Waals surface area contributed by atoms with Gasteiger partial charge in [-0.25, -0.2) is 0 Å². The Morgan fingerprint density at radius 1 is 1.35 bits per heavy atom. The third kappa shape index (κ3) is 4.43. The standard InChI is InChI=1S/C14H26N4O.ClH/c1-14(2,3)13-16-12(17-19-13)10-18-9-5-4-6-11(18)7-8-15;/h11H,4-10,15H2,1-3H3;1H. The summed E-state index contributed by atoms with van der Waals surface area (Å²) >= 11 is 0. The Bertz CT molecular complexity index is 400. The van der Waals surface area contributed by atoms with E-state index in [1.165, 1.54) is 19.3 Å².